The minimum absolute atomic E-state index is 0.0600. The average Bonchev–Trinajstić information content (AvgIpc) is 2.49. The Hall–Kier alpha value is -1.54. The van der Waals surface area contributed by atoms with Gasteiger partial charge in [-0.25, -0.2) is 0 Å². The predicted molar refractivity (Wildman–Crippen MR) is 85.3 cm³/mol. The smallest absolute Gasteiger partial charge is 0.0682 e. The second-order valence-electron chi connectivity index (χ2n) is 4.68. The minimum atomic E-state index is 0.0600. The molecule has 3 heteroatoms. The number of rotatable bonds is 2. The first-order valence-corrected chi connectivity index (χ1v) is 7.02. The van der Waals surface area contributed by atoms with Gasteiger partial charge in [0.1, 0.15) is 0 Å². The van der Waals surface area contributed by atoms with Gasteiger partial charge in [-0.3, -0.25) is 0 Å². The third-order valence-corrected chi connectivity index (χ3v) is 4.08. The van der Waals surface area contributed by atoms with E-state index in [1.807, 2.05) is 42.5 Å². The van der Waals surface area contributed by atoms with E-state index in [9.17, 15) is 0 Å². The fourth-order valence-electron chi connectivity index (χ4n) is 2.25. The van der Waals surface area contributed by atoms with Crippen molar-refractivity contribution in [2.24, 2.45) is 0 Å². The second-order valence-corrected chi connectivity index (χ2v) is 5.50. The molecule has 0 saturated heterocycles. The first-order chi connectivity index (χ1) is 9.67. The lowest BCUT2D eigenvalue weighted by atomic mass is 10.00. The van der Waals surface area contributed by atoms with Crippen LogP contribution in [0.25, 0.3) is 21.9 Å². The van der Waals surface area contributed by atoms with Crippen LogP contribution in [0.3, 0.4) is 0 Å². The molecule has 0 heterocycles. The molecule has 0 aliphatic heterocycles. The van der Waals surface area contributed by atoms with Crippen molar-refractivity contribution in [3.8, 4) is 11.1 Å². The van der Waals surface area contributed by atoms with Crippen molar-refractivity contribution in [3.05, 3.63) is 70.2 Å². The maximum Gasteiger partial charge on any atom is 0.0682 e. The maximum atomic E-state index is 9.16. The molecule has 0 fully saturated rings. The summed E-state index contributed by atoms with van der Waals surface area (Å²) in [5, 5.41) is 12.5. The highest BCUT2D eigenvalue weighted by Crippen LogP contribution is 2.30. The first-order valence-electron chi connectivity index (χ1n) is 6.26. The third-order valence-electron chi connectivity index (χ3n) is 3.34. The van der Waals surface area contributed by atoms with Gasteiger partial charge >= 0.3 is 0 Å². The van der Waals surface area contributed by atoms with Crippen molar-refractivity contribution >= 4 is 34.0 Å². The van der Waals surface area contributed by atoms with Gasteiger partial charge in [-0.15, -0.1) is 0 Å². The van der Waals surface area contributed by atoms with Crippen LogP contribution in [-0.4, -0.2) is 5.11 Å². The molecule has 1 nitrogen and oxygen atoms in total. The Balaban J connectivity index is 2.10. The van der Waals surface area contributed by atoms with E-state index in [-0.39, 0.29) is 6.61 Å². The van der Waals surface area contributed by atoms with E-state index in [1.54, 1.807) is 6.07 Å². The van der Waals surface area contributed by atoms with Gasteiger partial charge in [-0.2, -0.15) is 0 Å². The normalized spacial score (nSPS) is 10.9. The van der Waals surface area contributed by atoms with Crippen molar-refractivity contribution in [3.63, 3.8) is 0 Å². The molecule has 0 saturated carbocycles. The van der Waals surface area contributed by atoms with E-state index in [0.29, 0.717) is 10.0 Å². The number of aliphatic hydroxyl groups excluding tert-OH is 1. The molecule has 0 aliphatic rings. The summed E-state index contributed by atoms with van der Waals surface area (Å²) in [7, 11) is 0. The zero-order valence-electron chi connectivity index (χ0n) is 10.6. The van der Waals surface area contributed by atoms with Gasteiger partial charge in [-0.1, -0.05) is 53.5 Å². The zero-order valence-corrected chi connectivity index (χ0v) is 12.1. The molecule has 3 aromatic rings. The van der Waals surface area contributed by atoms with Crippen molar-refractivity contribution in [1.29, 1.82) is 0 Å². The van der Waals surface area contributed by atoms with Crippen LogP contribution in [0, 0.1) is 0 Å². The zero-order chi connectivity index (χ0) is 14.1. The van der Waals surface area contributed by atoms with E-state index < -0.39 is 0 Å². The lowest BCUT2D eigenvalue weighted by molar-refractivity contribution is 0.282. The molecule has 0 spiro atoms. The summed E-state index contributed by atoms with van der Waals surface area (Å²) >= 11 is 12.0. The quantitative estimate of drug-likeness (QED) is 0.680. The second kappa shape index (κ2) is 5.45. The number of aliphatic hydroxyl groups is 1. The van der Waals surface area contributed by atoms with Crippen LogP contribution >= 0.6 is 23.2 Å². The van der Waals surface area contributed by atoms with Crippen molar-refractivity contribution in [1.82, 2.24) is 0 Å². The molecule has 20 heavy (non-hydrogen) atoms. The molecule has 0 amide bonds. The van der Waals surface area contributed by atoms with Gasteiger partial charge in [0.2, 0.25) is 0 Å². The van der Waals surface area contributed by atoms with Crippen molar-refractivity contribution in [2.75, 3.05) is 0 Å². The van der Waals surface area contributed by atoms with Crippen LogP contribution in [0.4, 0.5) is 0 Å². The number of hydrogen-bond donors (Lipinski definition) is 1. The summed E-state index contributed by atoms with van der Waals surface area (Å²) in [6.45, 7) is 0.0600. The Bertz CT molecular complexity index is 781. The van der Waals surface area contributed by atoms with Gasteiger partial charge in [0, 0.05) is 0 Å². The molecule has 0 aliphatic carbocycles. The average molecular weight is 303 g/mol. The van der Waals surface area contributed by atoms with Gasteiger partial charge in [-0.05, 0) is 51.7 Å². The molecule has 0 aromatic heterocycles. The van der Waals surface area contributed by atoms with Gasteiger partial charge in [0.05, 0.1) is 16.7 Å². The first kappa shape index (κ1) is 13.4. The van der Waals surface area contributed by atoms with Gasteiger partial charge < -0.3 is 5.11 Å². The summed E-state index contributed by atoms with van der Waals surface area (Å²) in [4.78, 5) is 0. The van der Waals surface area contributed by atoms with E-state index in [4.69, 9.17) is 28.3 Å². The largest absolute Gasteiger partial charge is 0.392 e. The molecular weight excluding hydrogens is 291 g/mol. The Labute approximate surface area is 127 Å². The SMILES string of the molecule is OCc1ccc2cc(-c3ccc(Cl)c(Cl)c3)ccc2c1. The summed E-state index contributed by atoms with van der Waals surface area (Å²) in [6, 6.07) is 17.8. The van der Waals surface area contributed by atoms with Gasteiger partial charge in [0.25, 0.3) is 0 Å². The standard InChI is InChI=1S/C17H12Cl2O/c18-16-6-5-15(9-17(16)19)14-4-3-12-7-11(10-20)1-2-13(12)8-14/h1-9,20H,10H2. The molecule has 1 N–H and O–H groups in total. The molecule has 0 unspecified atom stereocenters. The van der Waals surface area contributed by atoms with Crippen LogP contribution in [0.2, 0.25) is 10.0 Å². The van der Waals surface area contributed by atoms with Crippen molar-refractivity contribution < 1.29 is 5.11 Å². The number of halogens is 2. The number of hydrogen-bond acceptors (Lipinski definition) is 1. The Morgan fingerprint density at radius 3 is 2.10 bits per heavy atom. The van der Waals surface area contributed by atoms with Crippen LogP contribution < -0.4 is 0 Å². The van der Waals surface area contributed by atoms with Crippen LogP contribution in [0.5, 0.6) is 0 Å². The van der Waals surface area contributed by atoms with E-state index >= 15 is 0 Å². The number of fused-ring (bicyclic) bond motifs is 1. The Kier molecular flexibility index (Phi) is 3.66. The predicted octanol–water partition coefficient (Wildman–Crippen LogP) is 5.31. The Morgan fingerprint density at radius 2 is 1.35 bits per heavy atom. The number of benzene rings is 3. The van der Waals surface area contributed by atoms with Crippen LogP contribution in [0.1, 0.15) is 5.56 Å². The maximum absolute atomic E-state index is 9.16. The molecule has 100 valence electrons. The van der Waals surface area contributed by atoms with E-state index in [0.717, 1.165) is 27.5 Å². The molecule has 3 rings (SSSR count). The highest BCUT2D eigenvalue weighted by atomic mass is 35.5. The Morgan fingerprint density at radius 1 is 0.700 bits per heavy atom. The molecule has 0 atom stereocenters. The summed E-state index contributed by atoms with van der Waals surface area (Å²) in [6.07, 6.45) is 0. The van der Waals surface area contributed by atoms with E-state index in [1.165, 1.54) is 0 Å². The lowest BCUT2D eigenvalue weighted by Gasteiger charge is -2.06. The minimum Gasteiger partial charge on any atom is -0.392 e. The molecule has 3 aromatic carbocycles. The molecule has 0 bridgehead atoms. The van der Waals surface area contributed by atoms with Crippen molar-refractivity contribution in [2.45, 2.75) is 6.61 Å². The third kappa shape index (κ3) is 2.53. The molecular formula is C17H12Cl2O. The van der Waals surface area contributed by atoms with Crippen LogP contribution in [0.15, 0.2) is 54.6 Å². The van der Waals surface area contributed by atoms with Crippen LogP contribution in [-0.2, 0) is 6.61 Å². The topological polar surface area (TPSA) is 20.2 Å². The van der Waals surface area contributed by atoms with Gasteiger partial charge in [0.15, 0.2) is 0 Å². The van der Waals surface area contributed by atoms with E-state index in [2.05, 4.69) is 6.07 Å². The monoisotopic (exact) mass is 302 g/mol. The fourth-order valence-corrected chi connectivity index (χ4v) is 2.55. The highest BCUT2D eigenvalue weighted by molar-refractivity contribution is 6.42. The molecule has 0 radical (unpaired) electrons. The summed E-state index contributed by atoms with van der Waals surface area (Å²) in [5.41, 5.74) is 3.04. The highest BCUT2D eigenvalue weighted by Gasteiger charge is 2.04. The fraction of sp³-hybridized carbons (Fsp3) is 0.0588. The lowest BCUT2D eigenvalue weighted by Crippen LogP contribution is -1.84. The summed E-state index contributed by atoms with van der Waals surface area (Å²) < 4.78 is 0. The summed E-state index contributed by atoms with van der Waals surface area (Å²) in [5.74, 6) is 0.